The lowest BCUT2D eigenvalue weighted by Crippen LogP contribution is -2.10. The molecule has 1 N–H and O–H groups in total. The van der Waals surface area contributed by atoms with Gasteiger partial charge in [-0.3, -0.25) is 0 Å². The summed E-state index contributed by atoms with van der Waals surface area (Å²) in [4.78, 5) is 9.88. The van der Waals surface area contributed by atoms with Crippen molar-refractivity contribution in [1.82, 2.24) is 0 Å². The van der Waals surface area contributed by atoms with E-state index in [-0.39, 0.29) is 6.61 Å². The van der Waals surface area contributed by atoms with Gasteiger partial charge in [0, 0.05) is 22.5 Å². The second-order valence-electron chi connectivity index (χ2n) is 1.32. The van der Waals surface area contributed by atoms with Crippen molar-refractivity contribution in [3.8, 4) is 0 Å². The molecule has 0 amide bonds. The van der Waals surface area contributed by atoms with Gasteiger partial charge in [0.2, 0.25) is 0 Å². The van der Waals surface area contributed by atoms with Gasteiger partial charge in [0.15, 0.2) is 0 Å². The van der Waals surface area contributed by atoms with E-state index in [2.05, 4.69) is 4.52 Å². The van der Waals surface area contributed by atoms with Gasteiger partial charge >= 0.3 is 0 Å². The Labute approximate surface area is 50.3 Å². The second-order valence-corrected chi connectivity index (χ2v) is 1.60. The molecule has 1 unspecified atom stereocenters. The molecule has 8 heavy (non-hydrogen) atoms. The van der Waals surface area contributed by atoms with Gasteiger partial charge in [-0.05, 0) is 0 Å². The van der Waals surface area contributed by atoms with E-state index >= 15 is 0 Å². The number of carbonyl (C=O) groups is 1. The van der Waals surface area contributed by atoms with Gasteiger partial charge in [-0.2, -0.15) is 0 Å². The number of hydrogen-bond acceptors (Lipinski definition) is 3. The molecule has 0 saturated heterocycles. The van der Waals surface area contributed by atoms with Crippen LogP contribution >= 0.6 is 9.47 Å². The van der Waals surface area contributed by atoms with Gasteiger partial charge in [-0.25, -0.2) is 0 Å². The first-order valence-corrected chi connectivity index (χ1v) is 2.74. The van der Waals surface area contributed by atoms with E-state index in [4.69, 9.17) is 5.11 Å². The Morgan fingerprint density at radius 3 is 2.62 bits per heavy atom. The van der Waals surface area contributed by atoms with Gasteiger partial charge < -0.3 is 14.4 Å². The smallest absolute Gasteiger partial charge is 0.149 e. The molecule has 0 aromatic carbocycles. The van der Waals surface area contributed by atoms with Crippen molar-refractivity contribution in [3.63, 3.8) is 0 Å². The van der Waals surface area contributed by atoms with Crippen molar-refractivity contribution in [2.75, 3.05) is 6.61 Å². The molecule has 0 rings (SSSR count). The third-order valence-corrected chi connectivity index (χ3v) is 1.09. The van der Waals surface area contributed by atoms with Crippen molar-refractivity contribution in [1.29, 1.82) is 0 Å². The molecule has 2 atom stereocenters. The molecule has 0 heterocycles. The maximum atomic E-state index is 9.88. The first-order chi connectivity index (χ1) is 3.85. The van der Waals surface area contributed by atoms with Crippen molar-refractivity contribution in [3.05, 3.63) is 0 Å². The summed E-state index contributed by atoms with van der Waals surface area (Å²) in [5.74, 6) is 0. The second kappa shape index (κ2) is 5.16. The largest absolute Gasteiger partial charge is 0.396 e. The normalized spacial score (nSPS) is 13.2. The molecule has 3 nitrogen and oxygen atoms in total. The number of rotatable bonds is 4. The first-order valence-electron chi connectivity index (χ1n) is 2.26. The minimum Gasteiger partial charge on any atom is -0.396 e. The number of carbonyl (C=O) groups excluding carboxylic acids is 1. The lowest BCUT2D eigenvalue weighted by atomic mass is 10.3. The Balaban J connectivity index is 3.21. The Hall–Kier alpha value is 0.0200. The fraction of sp³-hybridized carbons (Fsp3) is 0.750. The lowest BCUT2D eigenvalue weighted by Gasteiger charge is -2.02. The van der Waals surface area contributed by atoms with E-state index in [0.29, 0.717) is 12.7 Å². The SMILES string of the molecule is O=C[C@H](CCO)OP. The van der Waals surface area contributed by atoms with Gasteiger partial charge in [0.1, 0.15) is 12.4 Å². The van der Waals surface area contributed by atoms with Crippen LogP contribution in [0.3, 0.4) is 0 Å². The van der Waals surface area contributed by atoms with Crippen LogP contribution in [-0.4, -0.2) is 24.1 Å². The minimum absolute atomic E-state index is 0.0161. The molecule has 4 heteroatoms. The summed E-state index contributed by atoms with van der Waals surface area (Å²) in [6.07, 6.45) is 0.556. The standard InChI is InChI=1S/C4H9O3P/c5-2-1-4(3-6)7-8/h3-5H,1-2,8H2/t4-/m0/s1. The predicted molar refractivity (Wildman–Crippen MR) is 32.3 cm³/mol. The number of aliphatic hydroxyl groups excluding tert-OH is 1. The Kier molecular flexibility index (Phi) is 5.18. The zero-order valence-corrected chi connectivity index (χ0v) is 5.56. The summed E-state index contributed by atoms with van der Waals surface area (Å²) in [7, 11) is 1.97. The zero-order chi connectivity index (χ0) is 6.41. The third-order valence-electron chi connectivity index (χ3n) is 0.740. The number of aliphatic hydroxyl groups is 1. The van der Waals surface area contributed by atoms with E-state index in [1.165, 1.54) is 0 Å². The number of aldehydes is 1. The molecule has 0 aromatic heterocycles. The van der Waals surface area contributed by atoms with Gasteiger partial charge in [0.05, 0.1) is 0 Å². The number of hydrogen-bond donors (Lipinski definition) is 1. The topological polar surface area (TPSA) is 46.5 Å². The van der Waals surface area contributed by atoms with Crippen LogP contribution in [0, 0.1) is 0 Å². The van der Waals surface area contributed by atoms with Crippen LogP contribution in [0.1, 0.15) is 6.42 Å². The van der Waals surface area contributed by atoms with Crippen molar-refractivity contribution < 1.29 is 14.4 Å². The first kappa shape index (κ1) is 8.02. The van der Waals surface area contributed by atoms with E-state index in [1.807, 2.05) is 9.47 Å². The maximum Gasteiger partial charge on any atom is 0.149 e. The van der Waals surface area contributed by atoms with Crippen LogP contribution < -0.4 is 0 Å². The molecule has 0 aliphatic rings. The summed E-state index contributed by atoms with van der Waals surface area (Å²) in [5.41, 5.74) is 0. The van der Waals surface area contributed by atoms with Crippen LogP contribution in [0.15, 0.2) is 0 Å². The highest BCUT2D eigenvalue weighted by molar-refractivity contribution is 7.09. The summed E-state index contributed by atoms with van der Waals surface area (Å²) < 4.78 is 4.53. The Morgan fingerprint density at radius 1 is 1.88 bits per heavy atom. The summed E-state index contributed by atoms with van der Waals surface area (Å²) in [5, 5.41) is 8.25. The molecule has 0 aromatic rings. The van der Waals surface area contributed by atoms with Gasteiger partial charge in [-0.1, -0.05) is 0 Å². The van der Waals surface area contributed by atoms with Crippen molar-refractivity contribution in [2.45, 2.75) is 12.5 Å². The quantitative estimate of drug-likeness (QED) is 0.428. The summed E-state index contributed by atoms with van der Waals surface area (Å²) in [6, 6.07) is 0. The summed E-state index contributed by atoms with van der Waals surface area (Å²) in [6.45, 7) is -0.0161. The van der Waals surface area contributed by atoms with Crippen LogP contribution in [-0.2, 0) is 9.32 Å². The monoisotopic (exact) mass is 136 g/mol. The van der Waals surface area contributed by atoms with Crippen molar-refractivity contribution in [2.24, 2.45) is 0 Å². The average molecular weight is 136 g/mol. The Morgan fingerprint density at radius 2 is 2.50 bits per heavy atom. The van der Waals surface area contributed by atoms with Gasteiger partial charge in [0.25, 0.3) is 0 Å². The van der Waals surface area contributed by atoms with E-state index in [1.54, 1.807) is 0 Å². The average Bonchev–Trinajstić information content (AvgIpc) is 1.83. The van der Waals surface area contributed by atoms with E-state index < -0.39 is 6.10 Å². The lowest BCUT2D eigenvalue weighted by molar-refractivity contribution is -0.113. The van der Waals surface area contributed by atoms with Gasteiger partial charge in [-0.15, -0.1) is 0 Å². The molecule has 0 radical (unpaired) electrons. The third kappa shape index (κ3) is 3.08. The highest BCUT2D eigenvalue weighted by Crippen LogP contribution is 1.97. The molecule has 48 valence electrons. The summed E-state index contributed by atoms with van der Waals surface area (Å²) >= 11 is 0. The van der Waals surface area contributed by atoms with E-state index in [0.717, 1.165) is 0 Å². The Bertz CT molecular complexity index is 66.3. The fourth-order valence-electron chi connectivity index (χ4n) is 0.295. The minimum atomic E-state index is -0.468. The molecule has 0 fully saturated rings. The highest BCUT2D eigenvalue weighted by Gasteiger charge is 2.01. The van der Waals surface area contributed by atoms with Crippen LogP contribution in [0.4, 0.5) is 0 Å². The van der Waals surface area contributed by atoms with Crippen molar-refractivity contribution >= 4 is 15.8 Å². The molecule has 0 aliphatic heterocycles. The molecule has 0 aliphatic carbocycles. The van der Waals surface area contributed by atoms with Crippen LogP contribution in [0.2, 0.25) is 0 Å². The molecular formula is C4H9O3P. The van der Waals surface area contributed by atoms with E-state index in [9.17, 15) is 4.79 Å². The molecule has 0 bridgehead atoms. The molecule has 0 saturated carbocycles. The highest BCUT2D eigenvalue weighted by atomic mass is 31.0. The van der Waals surface area contributed by atoms with Crippen LogP contribution in [0.25, 0.3) is 0 Å². The maximum absolute atomic E-state index is 9.88. The molecular weight excluding hydrogens is 127 g/mol. The predicted octanol–water partition coefficient (Wildman–Crippen LogP) is -0.257. The fourth-order valence-corrected chi connectivity index (χ4v) is 0.496. The zero-order valence-electron chi connectivity index (χ0n) is 4.41. The molecule has 0 spiro atoms. The van der Waals surface area contributed by atoms with Crippen LogP contribution in [0.5, 0.6) is 0 Å².